The van der Waals surface area contributed by atoms with E-state index in [0.29, 0.717) is 29.0 Å². The molecular formula is C32H36N6O2. The number of nitrogens with zero attached hydrogens (tertiary/aromatic N) is 4. The van der Waals surface area contributed by atoms with E-state index in [4.69, 9.17) is 9.84 Å². The summed E-state index contributed by atoms with van der Waals surface area (Å²) in [4.78, 5) is 21.7. The largest absolute Gasteiger partial charge is 0.438 e. The highest BCUT2D eigenvalue weighted by atomic mass is 16.5. The fourth-order valence-electron chi connectivity index (χ4n) is 4.06. The van der Waals surface area contributed by atoms with Crippen molar-refractivity contribution in [2.24, 2.45) is 0 Å². The van der Waals surface area contributed by atoms with E-state index in [0.717, 1.165) is 27.7 Å². The molecule has 0 aliphatic rings. The Morgan fingerprint density at radius 2 is 1.57 bits per heavy atom. The molecule has 3 aromatic carbocycles. The van der Waals surface area contributed by atoms with Gasteiger partial charge < -0.3 is 10.1 Å². The molecule has 2 heterocycles. The van der Waals surface area contributed by atoms with Crippen LogP contribution in [0.25, 0.3) is 16.5 Å². The normalized spacial score (nSPS) is 11.0. The first-order valence-electron chi connectivity index (χ1n) is 13.4. The molecule has 5 aromatic rings. The summed E-state index contributed by atoms with van der Waals surface area (Å²) in [6.07, 6.45) is 1.66. The van der Waals surface area contributed by atoms with Crippen molar-refractivity contribution in [3.63, 3.8) is 0 Å². The molecule has 0 saturated heterocycles. The number of nitrogens with one attached hydrogen (secondary N) is 2. The molecule has 0 unspecified atom stereocenters. The van der Waals surface area contributed by atoms with Crippen molar-refractivity contribution in [2.45, 2.75) is 53.9 Å². The number of hydrogen-bond acceptors (Lipinski definition) is 5. The SMILES string of the molecule is CC.Cc1ccc(-n2nc(C(C)(C)C)cc2NC(=O)Nc2ccc(Oc3ccnc(C)n3)c3ccccc23)cc1. The van der Waals surface area contributed by atoms with E-state index >= 15 is 0 Å². The molecule has 5 rings (SSSR count). The fraction of sp³-hybridized carbons (Fsp3) is 0.250. The van der Waals surface area contributed by atoms with Gasteiger partial charge in [0.15, 0.2) is 0 Å². The third-order valence-corrected chi connectivity index (χ3v) is 6.10. The van der Waals surface area contributed by atoms with Crippen LogP contribution >= 0.6 is 0 Å². The van der Waals surface area contributed by atoms with Gasteiger partial charge in [-0.1, -0.05) is 76.6 Å². The molecule has 40 heavy (non-hydrogen) atoms. The van der Waals surface area contributed by atoms with Crippen LogP contribution in [0.2, 0.25) is 0 Å². The van der Waals surface area contributed by atoms with Gasteiger partial charge in [-0.3, -0.25) is 5.32 Å². The monoisotopic (exact) mass is 536 g/mol. The highest BCUT2D eigenvalue weighted by Gasteiger charge is 2.22. The predicted octanol–water partition coefficient (Wildman–Crippen LogP) is 8.19. The first-order valence-corrected chi connectivity index (χ1v) is 13.4. The minimum atomic E-state index is -0.371. The topological polar surface area (TPSA) is 94.0 Å². The van der Waals surface area contributed by atoms with Crippen molar-refractivity contribution in [3.8, 4) is 17.3 Å². The van der Waals surface area contributed by atoms with Gasteiger partial charge in [-0.2, -0.15) is 10.1 Å². The lowest BCUT2D eigenvalue weighted by atomic mass is 9.92. The van der Waals surface area contributed by atoms with Gasteiger partial charge >= 0.3 is 6.03 Å². The number of aryl methyl sites for hydroxylation is 2. The maximum absolute atomic E-state index is 13.2. The number of hydrogen-bond donors (Lipinski definition) is 2. The molecule has 0 radical (unpaired) electrons. The zero-order valence-corrected chi connectivity index (χ0v) is 24.1. The van der Waals surface area contributed by atoms with Crippen LogP contribution in [0.3, 0.4) is 0 Å². The van der Waals surface area contributed by atoms with Crippen molar-refractivity contribution in [2.75, 3.05) is 10.6 Å². The Labute approximate surface area is 235 Å². The Morgan fingerprint density at radius 3 is 2.25 bits per heavy atom. The molecule has 0 spiro atoms. The first-order chi connectivity index (χ1) is 19.2. The van der Waals surface area contributed by atoms with Crippen molar-refractivity contribution < 1.29 is 9.53 Å². The summed E-state index contributed by atoms with van der Waals surface area (Å²) in [5.41, 5.74) is 3.37. The van der Waals surface area contributed by atoms with Crippen LogP contribution in [-0.4, -0.2) is 25.8 Å². The smallest absolute Gasteiger partial charge is 0.324 e. The first kappa shape index (κ1) is 28.3. The molecule has 8 heteroatoms. The van der Waals surface area contributed by atoms with Gasteiger partial charge in [0, 0.05) is 34.5 Å². The zero-order chi connectivity index (χ0) is 28.9. The third kappa shape index (κ3) is 6.46. The molecule has 0 aliphatic carbocycles. The summed E-state index contributed by atoms with van der Waals surface area (Å²) >= 11 is 0. The standard InChI is InChI=1S/C30H30N6O2.C2H6/c1-19-10-12-21(13-11-19)36-27(18-26(35-36)30(3,4)5)34-29(37)33-24-14-15-25(23-9-7-6-8-22(23)24)38-28-16-17-31-20(2)32-28;1-2/h6-18H,1-5H3,(H2,33,34,37);1-2H3. The van der Waals surface area contributed by atoms with E-state index in [9.17, 15) is 4.79 Å². The van der Waals surface area contributed by atoms with Crippen molar-refractivity contribution >= 4 is 28.3 Å². The van der Waals surface area contributed by atoms with E-state index in [1.165, 1.54) is 0 Å². The van der Waals surface area contributed by atoms with Gasteiger partial charge in [-0.05, 0) is 38.1 Å². The second kappa shape index (κ2) is 12.0. The quantitative estimate of drug-likeness (QED) is 0.236. The maximum atomic E-state index is 13.2. The highest BCUT2D eigenvalue weighted by molar-refractivity contribution is 6.07. The average Bonchev–Trinajstić information content (AvgIpc) is 3.36. The van der Waals surface area contributed by atoms with Crippen LogP contribution in [0.4, 0.5) is 16.3 Å². The van der Waals surface area contributed by atoms with Crippen molar-refractivity contribution in [3.05, 3.63) is 96.1 Å². The predicted molar refractivity (Wildman–Crippen MR) is 162 cm³/mol. The van der Waals surface area contributed by atoms with E-state index in [1.807, 2.05) is 94.4 Å². The number of benzene rings is 3. The lowest BCUT2D eigenvalue weighted by Gasteiger charge is -2.14. The number of carbonyl (C=O) groups is 1. The van der Waals surface area contributed by atoms with Crippen LogP contribution in [0.15, 0.2) is 79.0 Å². The minimum Gasteiger partial charge on any atom is -0.438 e. The molecule has 0 atom stereocenters. The summed E-state index contributed by atoms with van der Waals surface area (Å²) in [5, 5.41) is 12.5. The number of carbonyl (C=O) groups excluding carboxylic acids is 1. The number of fused-ring (bicyclic) bond motifs is 1. The Bertz CT molecular complexity index is 1620. The van der Waals surface area contributed by atoms with Crippen LogP contribution in [-0.2, 0) is 5.41 Å². The van der Waals surface area contributed by atoms with Crippen LogP contribution in [0.5, 0.6) is 11.6 Å². The molecule has 8 nitrogen and oxygen atoms in total. The second-order valence-electron chi connectivity index (χ2n) is 10.2. The van der Waals surface area contributed by atoms with E-state index in [2.05, 4.69) is 41.4 Å². The van der Waals surface area contributed by atoms with Gasteiger partial charge in [0.25, 0.3) is 0 Å². The molecule has 2 N–H and O–H groups in total. The molecule has 0 aliphatic heterocycles. The van der Waals surface area contributed by atoms with E-state index in [-0.39, 0.29) is 11.4 Å². The molecule has 206 valence electrons. The van der Waals surface area contributed by atoms with Gasteiger partial charge in [-0.15, -0.1) is 0 Å². The Kier molecular flexibility index (Phi) is 8.48. The van der Waals surface area contributed by atoms with Crippen molar-refractivity contribution in [1.29, 1.82) is 0 Å². The van der Waals surface area contributed by atoms with Gasteiger partial charge in [0.05, 0.1) is 17.1 Å². The summed E-state index contributed by atoms with van der Waals surface area (Å²) in [6.45, 7) is 14.1. The van der Waals surface area contributed by atoms with E-state index < -0.39 is 0 Å². The Morgan fingerprint density at radius 1 is 0.875 bits per heavy atom. The summed E-state index contributed by atoms with van der Waals surface area (Å²) in [6, 6.07) is 22.7. The number of urea groups is 1. The lowest BCUT2D eigenvalue weighted by Crippen LogP contribution is -2.21. The fourth-order valence-corrected chi connectivity index (χ4v) is 4.06. The van der Waals surface area contributed by atoms with Crippen molar-refractivity contribution in [1.82, 2.24) is 19.7 Å². The average molecular weight is 537 g/mol. The van der Waals surface area contributed by atoms with Gasteiger partial charge in [0.2, 0.25) is 5.88 Å². The molecule has 2 amide bonds. The van der Waals surface area contributed by atoms with E-state index in [1.54, 1.807) is 16.9 Å². The number of ether oxygens (including phenoxy) is 1. The summed E-state index contributed by atoms with van der Waals surface area (Å²) < 4.78 is 7.81. The summed E-state index contributed by atoms with van der Waals surface area (Å²) in [7, 11) is 0. The van der Waals surface area contributed by atoms with Crippen LogP contribution < -0.4 is 15.4 Å². The molecule has 0 fully saturated rings. The zero-order valence-electron chi connectivity index (χ0n) is 24.1. The Hall–Kier alpha value is -4.72. The number of aromatic nitrogens is 4. The molecular weight excluding hydrogens is 500 g/mol. The third-order valence-electron chi connectivity index (χ3n) is 6.10. The Balaban J connectivity index is 0.00000181. The molecule has 2 aromatic heterocycles. The minimum absolute atomic E-state index is 0.183. The number of amides is 2. The lowest BCUT2D eigenvalue weighted by molar-refractivity contribution is 0.262. The highest BCUT2D eigenvalue weighted by Crippen LogP contribution is 2.34. The van der Waals surface area contributed by atoms with Crippen LogP contribution in [0, 0.1) is 13.8 Å². The van der Waals surface area contributed by atoms with Gasteiger partial charge in [0.1, 0.15) is 17.4 Å². The number of anilines is 2. The molecule has 0 saturated carbocycles. The van der Waals surface area contributed by atoms with Gasteiger partial charge in [-0.25, -0.2) is 14.5 Å². The second-order valence-corrected chi connectivity index (χ2v) is 10.2. The number of rotatable bonds is 5. The molecule has 0 bridgehead atoms. The maximum Gasteiger partial charge on any atom is 0.324 e. The van der Waals surface area contributed by atoms with Crippen LogP contribution in [0.1, 0.15) is 51.7 Å². The summed E-state index contributed by atoms with van der Waals surface area (Å²) in [5.74, 6) is 2.30.